The standard InChI is InChI=1S/C17H17ClFN3O/c1-10-3-2-4-13(18)16(10)20-17(23)15-9-14(21-22-15)11-5-7-12(19)8-6-11/h2-8,14-15,21-22H,9H2,1H3,(H,20,23). The van der Waals surface area contributed by atoms with Crippen molar-refractivity contribution >= 4 is 23.2 Å². The minimum Gasteiger partial charge on any atom is -0.323 e. The lowest BCUT2D eigenvalue weighted by atomic mass is 10.0. The second-order valence-corrected chi connectivity index (χ2v) is 6.01. The maximum absolute atomic E-state index is 13.0. The molecule has 0 bridgehead atoms. The number of rotatable bonds is 3. The summed E-state index contributed by atoms with van der Waals surface area (Å²) in [7, 11) is 0. The molecule has 1 heterocycles. The SMILES string of the molecule is Cc1cccc(Cl)c1NC(=O)C1CC(c2ccc(F)cc2)NN1. The molecule has 1 aliphatic heterocycles. The molecule has 2 aromatic carbocycles. The Morgan fingerprint density at radius 3 is 2.65 bits per heavy atom. The third-order valence-electron chi connectivity index (χ3n) is 3.96. The number of anilines is 1. The number of amides is 1. The molecule has 0 saturated carbocycles. The van der Waals surface area contributed by atoms with Crippen molar-refractivity contribution in [3.8, 4) is 0 Å². The van der Waals surface area contributed by atoms with E-state index in [4.69, 9.17) is 11.6 Å². The van der Waals surface area contributed by atoms with Gasteiger partial charge in [0.15, 0.2) is 0 Å². The van der Waals surface area contributed by atoms with Gasteiger partial charge < -0.3 is 5.32 Å². The van der Waals surface area contributed by atoms with Gasteiger partial charge in [0.05, 0.1) is 10.7 Å². The highest BCUT2D eigenvalue weighted by Gasteiger charge is 2.30. The molecule has 6 heteroatoms. The van der Waals surface area contributed by atoms with Crippen LogP contribution in [0.5, 0.6) is 0 Å². The highest BCUT2D eigenvalue weighted by molar-refractivity contribution is 6.34. The molecule has 120 valence electrons. The number of nitrogens with one attached hydrogen (secondary N) is 3. The van der Waals surface area contributed by atoms with Crippen LogP contribution in [0.3, 0.4) is 0 Å². The quantitative estimate of drug-likeness (QED) is 0.807. The monoisotopic (exact) mass is 333 g/mol. The molecule has 23 heavy (non-hydrogen) atoms. The molecule has 4 nitrogen and oxygen atoms in total. The van der Waals surface area contributed by atoms with Gasteiger partial charge in [-0.25, -0.2) is 15.2 Å². The van der Waals surface area contributed by atoms with Crippen LogP contribution in [0.4, 0.5) is 10.1 Å². The number of hydrogen-bond donors (Lipinski definition) is 3. The first kappa shape index (κ1) is 15.9. The Kier molecular flexibility index (Phi) is 4.61. The second-order valence-electron chi connectivity index (χ2n) is 5.60. The van der Waals surface area contributed by atoms with Gasteiger partial charge in [-0.2, -0.15) is 0 Å². The number of hydrogen-bond acceptors (Lipinski definition) is 3. The van der Waals surface area contributed by atoms with Crippen LogP contribution >= 0.6 is 11.6 Å². The van der Waals surface area contributed by atoms with Crippen molar-refractivity contribution in [2.24, 2.45) is 0 Å². The molecular formula is C17H17ClFN3O. The molecule has 1 amide bonds. The third-order valence-corrected chi connectivity index (χ3v) is 4.28. The average molecular weight is 334 g/mol. The number of hydrazine groups is 1. The topological polar surface area (TPSA) is 53.2 Å². The summed E-state index contributed by atoms with van der Waals surface area (Å²) in [5, 5.41) is 3.38. The van der Waals surface area contributed by atoms with Crippen LogP contribution in [0.1, 0.15) is 23.6 Å². The Morgan fingerprint density at radius 1 is 1.22 bits per heavy atom. The minimum atomic E-state index is -0.388. The van der Waals surface area contributed by atoms with E-state index in [9.17, 15) is 9.18 Å². The van der Waals surface area contributed by atoms with Crippen molar-refractivity contribution in [2.75, 3.05) is 5.32 Å². The highest BCUT2D eigenvalue weighted by atomic mass is 35.5. The van der Waals surface area contributed by atoms with Crippen LogP contribution in [-0.4, -0.2) is 11.9 Å². The molecule has 2 aromatic rings. The molecule has 0 aromatic heterocycles. The maximum Gasteiger partial charge on any atom is 0.242 e. The summed E-state index contributed by atoms with van der Waals surface area (Å²) in [6.45, 7) is 1.89. The second kappa shape index (κ2) is 6.66. The fourth-order valence-electron chi connectivity index (χ4n) is 2.64. The van der Waals surface area contributed by atoms with Gasteiger partial charge in [0.1, 0.15) is 11.9 Å². The molecule has 3 N–H and O–H groups in total. The Morgan fingerprint density at radius 2 is 1.96 bits per heavy atom. The largest absolute Gasteiger partial charge is 0.323 e. The number of benzene rings is 2. The molecular weight excluding hydrogens is 317 g/mol. The number of carbonyl (C=O) groups excluding carboxylic acids is 1. The zero-order valence-corrected chi connectivity index (χ0v) is 13.3. The molecule has 2 atom stereocenters. The molecule has 0 aliphatic carbocycles. The normalized spacial score (nSPS) is 20.5. The average Bonchev–Trinajstić information content (AvgIpc) is 3.02. The molecule has 1 saturated heterocycles. The van der Waals surface area contributed by atoms with Crippen molar-refractivity contribution in [3.63, 3.8) is 0 Å². The van der Waals surface area contributed by atoms with E-state index >= 15 is 0 Å². The van der Waals surface area contributed by atoms with Crippen molar-refractivity contribution < 1.29 is 9.18 Å². The van der Waals surface area contributed by atoms with Gasteiger partial charge in [-0.3, -0.25) is 4.79 Å². The predicted molar refractivity (Wildman–Crippen MR) is 88.6 cm³/mol. The summed E-state index contributed by atoms with van der Waals surface area (Å²) in [4.78, 5) is 12.4. The predicted octanol–water partition coefficient (Wildman–Crippen LogP) is 3.33. The Labute approximate surface area is 139 Å². The van der Waals surface area contributed by atoms with E-state index in [2.05, 4.69) is 16.2 Å². The Bertz CT molecular complexity index is 700. The Hall–Kier alpha value is -1.95. The van der Waals surface area contributed by atoms with Gasteiger partial charge in [-0.15, -0.1) is 0 Å². The van der Waals surface area contributed by atoms with E-state index in [1.165, 1.54) is 12.1 Å². The molecule has 3 rings (SSSR count). The van der Waals surface area contributed by atoms with Crippen LogP contribution in [0.25, 0.3) is 0 Å². The number of para-hydroxylation sites is 1. The summed E-state index contributed by atoms with van der Waals surface area (Å²) < 4.78 is 13.0. The van der Waals surface area contributed by atoms with Crippen LogP contribution in [0, 0.1) is 12.7 Å². The molecule has 0 radical (unpaired) electrons. The van der Waals surface area contributed by atoms with Crippen molar-refractivity contribution in [3.05, 3.63) is 64.4 Å². The summed E-state index contributed by atoms with van der Waals surface area (Å²) in [6, 6.07) is 11.3. The van der Waals surface area contributed by atoms with Crippen LogP contribution in [-0.2, 0) is 4.79 Å². The molecule has 1 aliphatic rings. The summed E-state index contributed by atoms with van der Waals surface area (Å²) in [5.74, 6) is -0.429. The lowest BCUT2D eigenvalue weighted by molar-refractivity contribution is -0.117. The smallest absolute Gasteiger partial charge is 0.242 e. The highest BCUT2D eigenvalue weighted by Crippen LogP contribution is 2.27. The van der Waals surface area contributed by atoms with E-state index in [-0.39, 0.29) is 23.8 Å². The zero-order valence-electron chi connectivity index (χ0n) is 12.6. The third kappa shape index (κ3) is 3.52. The summed E-state index contributed by atoms with van der Waals surface area (Å²) in [5.41, 5.74) is 8.53. The fraction of sp³-hybridized carbons (Fsp3) is 0.235. The molecule has 2 unspecified atom stereocenters. The van der Waals surface area contributed by atoms with Crippen molar-refractivity contribution in [1.82, 2.24) is 10.9 Å². The molecule has 1 fully saturated rings. The van der Waals surface area contributed by atoms with Gasteiger partial charge >= 0.3 is 0 Å². The zero-order chi connectivity index (χ0) is 16.4. The Balaban J connectivity index is 1.67. The van der Waals surface area contributed by atoms with E-state index in [0.29, 0.717) is 17.1 Å². The summed E-state index contributed by atoms with van der Waals surface area (Å²) in [6.07, 6.45) is 0.570. The van der Waals surface area contributed by atoms with Crippen molar-refractivity contribution in [1.29, 1.82) is 0 Å². The van der Waals surface area contributed by atoms with E-state index < -0.39 is 0 Å². The van der Waals surface area contributed by atoms with Crippen molar-refractivity contribution in [2.45, 2.75) is 25.4 Å². The maximum atomic E-state index is 13.0. The number of aryl methyl sites for hydroxylation is 1. The van der Waals surface area contributed by atoms with E-state index in [1.807, 2.05) is 19.1 Å². The lowest BCUT2D eigenvalue weighted by Crippen LogP contribution is -2.39. The van der Waals surface area contributed by atoms with Gasteiger partial charge in [0.2, 0.25) is 5.91 Å². The number of carbonyl (C=O) groups is 1. The van der Waals surface area contributed by atoms with Gasteiger partial charge in [-0.1, -0.05) is 35.9 Å². The van der Waals surface area contributed by atoms with Gasteiger partial charge in [0.25, 0.3) is 0 Å². The van der Waals surface area contributed by atoms with E-state index in [0.717, 1.165) is 11.1 Å². The number of halogens is 2. The molecule has 0 spiro atoms. The van der Waals surface area contributed by atoms with Crippen LogP contribution in [0.2, 0.25) is 5.02 Å². The van der Waals surface area contributed by atoms with Gasteiger partial charge in [0, 0.05) is 6.04 Å². The first-order valence-electron chi connectivity index (χ1n) is 7.37. The fourth-order valence-corrected chi connectivity index (χ4v) is 2.91. The first-order valence-corrected chi connectivity index (χ1v) is 7.75. The minimum absolute atomic E-state index is 0.0429. The van der Waals surface area contributed by atoms with Crippen LogP contribution in [0.15, 0.2) is 42.5 Å². The van der Waals surface area contributed by atoms with Crippen LogP contribution < -0.4 is 16.2 Å². The van der Waals surface area contributed by atoms with E-state index in [1.54, 1.807) is 18.2 Å². The first-order chi connectivity index (χ1) is 11.0. The summed E-state index contributed by atoms with van der Waals surface area (Å²) >= 11 is 6.13. The van der Waals surface area contributed by atoms with Gasteiger partial charge in [-0.05, 0) is 42.7 Å². The lowest BCUT2D eigenvalue weighted by Gasteiger charge is -2.13.